The minimum atomic E-state index is -0.181. The van der Waals surface area contributed by atoms with Crippen LogP contribution in [0.2, 0.25) is 0 Å². The molecule has 1 saturated carbocycles. The van der Waals surface area contributed by atoms with Crippen molar-refractivity contribution in [2.45, 2.75) is 18.9 Å². The summed E-state index contributed by atoms with van der Waals surface area (Å²) in [4.78, 5) is 17.3. The first kappa shape index (κ1) is 16.8. The molecule has 8 nitrogen and oxygen atoms in total. The Labute approximate surface area is 154 Å². The van der Waals surface area contributed by atoms with Crippen molar-refractivity contribution in [1.29, 1.82) is 0 Å². The third-order valence-corrected chi connectivity index (χ3v) is 5.24. The minimum absolute atomic E-state index is 0.181. The highest BCUT2D eigenvalue weighted by molar-refractivity contribution is 7.09. The first-order chi connectivity index (χ1) is 12.6. The van der Waals surface area contributed by atoms with Gasteiger partial charge in [-0.05, 0) is 12.5 Å². The number of nitrogens with zero attached hydrogens (tertiary/aromatic N) is 5. The van der Waals surface area contributed by atoms with E-state index in [1.54, 1.807) is 36.2 Å². The summed E-state index contributed by atoms with van der Waals surface area (Å²) in [7, 11) is 3.55. The van der Waals surface area contributed by atoms with Gasteiger partial charge >= 0.3 is 0 Å². The van der Waals surface area contributed by atoms with Gasteiger partial charge in [0.15, 0.2) is 0 Å². The van der Waals surface area contributed by atoms with E-state index in [-0.39, 0.29) is 5.56 Å². The monoisotopic (exact) mass is 372 g/mol. The summed E-state index contributed by atoms with van der Waals surface area (Å²) in [5.74, 6) is 1.34. The zero-order valence-electron chi connectivity index (χ0n) is 14.6. The third kappa shape index (κ3) is 3.62. The van der Waals surface area contributed by atoms with Gasteiger partial charge in [0.25, 0.3) is 5.56 Å². The number of thiazole rings is 1. The zero-order chi connectivity index (χ0) is 18.1. The van der Waals surface area contributed by atoms with Crippen LogP contribution in [-0.4, -0.2) is 31.2 Å². The molecule has 0 aliphatic heterocycles. The average Bonchev–Trinajstić information content (AvgIpc) is 3.00. The highest BCUT2D eigenvalue weighted by Crippen LogP contribution is 2.46. The van der Waals surface area contributed by atoms with E-state index in [0.717, 1.165) is 17.0 Å². The van der Waals surface area contributed by atoms with E-state index in [0.29, 0.717) is 36.6 Å². The van der Waals surface area contributed by atoms with Crippen LogP contribution in [-0.2, 0) is 20.6 Å². The van der Waals surface area contributed by atoms with Crippen molar-refractivity contribution in [2.75, 3.05) is 11.9 Å². The summed E-state index contributed by atoms with van der Waals surface area (Å²) in [6.07, 6.45) is 4.81. The van der Waals surface area contributed by atoms with Crippen molar-refractivity contribution in [3.05, 3.63) is 51.0 Å². The van der Waals surface area contributed by atoms with Crippen molar-refractivity contribution in [3.63, 3.8) is 0 Å². The van der Waals surface area contributed by atoms with E-state index in [2.05, 4.69) is 26.6 Å². The predicted octanol–water partition coefficient (Wildman–Crippen LogP) is 1.76. The second-order valence-corrected chi connectivity index (χ2v) is 7.44. The summed E-state index contributed by atoms with van der Waals surface area (Å²) in [5.41, 5.74) is 3.17. The predicted molar refractivity (Wildman–Crippen MR) is 98.5 cm³/mol. The quantitative estimate of drug-likeness (QED) is 0.680. The van der Waals surface area contributed by atoms with Gasteiger partial charge in [0, 0.05) is 49.3 Å². The van der Waals surface area contributed by atoms with Crippen LogP contribution >= 0.6 is 11.3 Å². The number of aryl methyl sites for hydroxylation is 2. The molecule has 3 heterocycles. The molecule has 2 atom stereocenters. The fraction of sp³-hybridized carbons (Fsp3) is 0.412. The van der Waals surface area contributed by atoms with Gasteiger partial charge in [-0.15, -0.1) is 16.4 Å². The van der Waals surface area contributed by atoms with Gasteiger partial charge in [0.05, 0.1) is 24.4 Å². The largest absolute Gasteiger partial charge is 0.476 e. The van der Waals surface area contributed by atoms with E-state index in [4.69, 9.17) is 4.74 Å². The number of ether oxygens (including phenoxy) is 1. The number of nitrogens with one attached hydrogen (secondary N) is 1. The molecule has 9 heteroatoms. The molecule has 4 rings (SSSR count). The molecule has 0 radical (unpaired) electrons. The van der Waals surface area contributed by atoms with Crippen LogP contribution in [0.25, 0.3) is 0 Å². The maximum atomic E-state index is 12.2. The molecule has 0 spiro atoms. The number of rotatable bonds is 7. The summed E-state index contributed by atoms with van der Waals surface area (Å²) >= 11 is 1.54. The molecule has 0 unspecified atom stereocenters. The zero-order valence-corrected chi connectivity index (χ0v) is 15.4. The smallest absolute Gasteiger partial charge is 0.290 e. The summed E-state index contributed by atoms with van der Waals surface area (Å²) in [6.45, 7) is 1.12. The van der Waals surface area contributed by atoms with Crippen LogP contribution < -0.4 is 15.6 Å². The van der Waals surface area contributed by atoms with Gasteiger partial charge in [-0.25, -0.2) is 4.68 Å². The normalized spacial score (nSPS) is 18.7. The molecule has 0 aromatic carbocycles. The lowest BCUT2D eigenvalue weighted by Crippen LogP contribution is -2.24. The molecular formula is C17H20N6O2S. The molecule has 1 aliphatic rings. The molecule has 3 aromatic rings. The minimum Gasteiger partial charge on any atom is -0.476 e. The van der Waals surface area contributed by atoms with Gasteiger partial charge in [-0.1, -0.05) is 0 Å². The fourth-order valence-corrected chi connectivity index (χ4v) is 3.44. The average molecular weight is 372 g/mol. The Bertz CT molecular complexity index is 949. The molecule has 1 aliphatic carbocycles. The lowest BCUT2D eigenvalue weighted by molar-refractivity contribution is 0.278. The molecule has 0 amide bonds. The molecule has 26 heavy (non-hydrogen) atoms. The van der Waals surface area contributed by atoms with E-state index in [1.165, 1.54) is 4.68 Å². The Balaban J connectivity index is 1.38. The molecule has 1 N–H and O–H groups in total. The second kappa shape index (κ2) is 6.91. The molecule has 0 bridgehead atoms. The SMILES string of the molecule is Cn1ccc([C@H]2C[C@@H]2COc2cc(NCc3cncs3)c(=O)n(C)n2)n1. The Morgan fingerprint density at radius 3 is 3.00 bits per heavy atom. The van der Waals surface area contributed by atoms with Crippen LogP contribution in [0.15, 0.2) is 34.8 Å². The highest BCUT2D eigenvalue weighted by atomic mass is 32.1. The Morgan fingerprint density at radius 1 is 1.38 bits per heavy atom. The summed E-state index contributed by atoms with van der Waals surface area (Å²) in [5, 5.41) is 11.8. The molecular weight excluding hydrogens is 352 g/mol. The van der Waals surface area contributed by atoms with Crippen LogP contribution in [0.5, 0.6) is 5.88 Å². The van der Waals surface area contributed by atoms with Gasteiger partial charge in [-0.3, -0.25) is 14.5 Å². The second-order valence-electron chi connectivity index (χ2n) is 6.47. The third-order valence-electron chi connectivity index (χ3n) is 4.46. The first-order valence-corrected chi connectivity index (χ1v) is 9.30. The fourth-order valence-electron chi connectivity index (χ4n) is 2.91. The number of hydrogen-bond donors (Lipinski definition) is 1. The lowest BCUT2D eigenvalue weighted by atomic mass is 10.2. The Kier molecular flexibility index (Phi) is 4.46. The molecule has 0 saturated heterocycles. The summed E-state index contributed by atoms with van der Waals surface area (Å²) < 4.78 is 8.97. The standard InChI is InChI=1S/C17H20N6O2S/c1-22-4-3-14(20-22)13-5-11(13)9-25-16-6-15(17(24)23(2)21-16)19-8-12-7-18-10-26-12/h3-4,6-7,10-11,13,19H,5,8-9H2,1-2H3/t11-,13+/m1/s1. The van der Waals surface area contributed by atoms with E-state index >= 15 is 0 Å². The topological polar surface area (TPSA) is 86.9 Å². The maximum Gasteiger partial charge on any atom is 0.290 e. The van der Waals surface area contributed by atoms with Crippen LogP contribution in [0, 0.1) is 5.92 Å². The van der Waals surface area contributed by atoms with Crippen LogP contribution in [0.4, 0.5) is 5.69 Å². The maximum absolute atomic E-state index is 12.2. The van der Waals surface area contributed by atoms with Crippen molar-refractivity contribution in [1.82, 2.24) is 24.5 Å². The van der Waals surface area contributed by atoms with E-state index < -0.39 is 0 Å². The van der Waals surface area contributed by atoms with Crippen molar-refractivity contribution >= 4 is 17.0 Å². The molecule has 3 aromatic heterocycles. The van der Waals surface area contributed by atoms with Crippen molar-refractivity contribution in [3.8, 4) is 5.88 Å². The van der Waals surface area contributed by atoms with Gasteiger partial charge in [0.2, 0.25) is 5.88 Å². The van der Waals surface area contributed by atoms with Crippen molar-refractivity contribution < 1.29 is 4.74 Å². The highest BCUT2D eigenvalue weighted by Gasteiger charge is 2.40. The van der Waals surface area contributed by atoms with E-state index in [9.17, 15) is 4.79 Å². The Morgan fingerprint density at radius 2 is 2.27 bits per heavy atom. The van der Waals surface area contributed by atoms with Crippen molar-refractivity contribution in [2.24, 2.45) is 20.0 Å². The lowest BCUT2D eigenvalue weighted by Gasteiger charge is -2.10. The molecule has 1 fully saturated rings. The molecule has 136 valence electrons. The summed E-state index contributed by atoms with van der Waals surface area (Å²) in [6, 6.07) is 3.72. The number of aromatic nitrogens is 5. The first-order valence-electron chi connectivity index (χ1n) is 8.42. The number of anilines is 1. The van der Waals surface area contributed by atoms with E-state index in [1.807, 2.05) is 17.9 Å². The van der Waals surface area contributed by atoms with Crippen LogP contribution in [0.1, 0.15) is 22.9 Å². The van der Waals surface area contributed by atoms with Gasteiger partial charge in [-0.2, -0.15) is 5.10 Å². The van der Waals surface area contributed by atoms with Gasteiger partial charge < -0.3 is 10.1 Å². The van der Waals surface area contributed by atoms with Gasteiger partial charge in [0.1, 0.15) is 5.69 Å². The number of hydrogen-bond acceptors (Lipinski definition) is 7. The van der Waals surface area contributed by atoms with Crippen LogP contribution in [0.3, 0.4) is 0 Å². The Hall–Kier alpha value is -2.68.